The Balaban J connectivity index is 1.81. The van der Waals surface area contributed by atoms with E-state index in [0.29, 0.717) is 50.0 Å². The van der Waals surface area contributed by atoms with E-state index >= 15 is 0 Å². The summed E-state index contributed by atoms with van der Waals surface area (Å²) in [5.41, 5.74) is 1.23. The van der Waals surface area contributed by atoms with Crippen molar-refractivity contribution < 1.29 is 39.9 Å². The van der Waals surface area contributed by atoms with Gasteiger partial charge in [0.25, 0.3) is 5.91 Å². The molecule has 13 heteroatoms. The molecule has 1 heterocycles. The van der Waals surface area contributed by atoms with E-state index in [9.17, 15) is 35.2 Å². The van der Waals surface area contributed by atoms with Crippen LogP contribution in [0.5, 0.6) is 5.75 Å². The molecular weight excluding hydrogens is 533 g/mol. The van der Waals surface area contributed by atoms with Gasteiger partial charge in [-0.05, 0) is 69.6 Å². The largest absolute Gasteiger partial charge is 0.434 e. The first-order valence-corrected chi connectivity index (χ1v) is 14.3. The summed E-state index contributed by atoms with van der Waals surface area (Å²) in [5, 5.41) is 6.84. The second-order valence-corrected chi connectivity index (χ2v) is 12.0. The lowest BCUT2D eigenvalue weighted by Gasteiger charge is -2.27. The molecule has 0 spiro atoms. The van der Waals surface area contributed by atoms with Crippen molar-refractivity contribution in [3.8, 4) is 17.0 Å². The van der Waals surface area contributed by atoms with Crippen LogP contribution in [0.25, 0.3) is 11.3 Å². The molecule has 212 valence electrons. The first kappa shape index (κ1) is 29.9. The number of carbonyl (C=O) groups is 1. The number of carbonyl (C=O) groups excluding carboxylic acids is 1. The Labute approximate surface area is 218 Å². The summed E-state index contributed by atoms with van der Waals surface area (Å²) in [7, 11) is -3.09. The summed E-state index contributed by atoms with van der Waals surface area (Å²) < 4.78 is 93.9. The van der Waals surface area contributed by atoms with Gasteiger partial charge < -0.3 is 10.1 Å². The fraction of sp³-hybridized carbons (Fsp3) is 0.600. The molecule has 1 aromatic carbocycles. The standard InChI is InChI=1S/C25H32F5N3O4S/c1-4-33-22(19-10-7-16(11-12-25(28,29)30)13-20(19)37-24(26)27)15(2)21(32-33)23(34)31-14-17-5-8-18(9-6-17)38(3,35)36/h7,10,13,17-18,24H,4-6,8-9,11-12,14H2,1-3H3,(H,31,34)/t17-,18-. The molecule has 38 heavy (non-hydrogen) atoms. The van der Waals surface area contributed by atoms with Gasteiger partial charge in [0.05, 0.1) is 10.9 Å². The van der Waals surface area contributed by atoms with Gasteiger partial charge in [0.2, 0.25) is 0 Å². The molecule has 1 aliphatic carbocycles. The molecule has 7 nitrogen and oxygen atoms in total. The van der Waals surface area contributed by atoms with Crippen molar-refractivity contribution in [2.75, 3.05) is 12.8 Å². The number of halogens is 5. The Bertz CT molecular complexity index is 1240. The van der Waals surface area contributed by atoms with E-state index in [4.69, 9.17) is 0 Å². The van der Waals surface area contributed by atoms with E-state index in [1.54, 1.807) is 13.8 Å². The molecule has 0 bridgehead atoms. The minimum absolute atomic E-state index is 0.0933. The molecule has 3 rings (SSSR count). The predicted octanol–water partition coefficient (Wildman–Crippen LogP) is 5.31. The molecule has 1 saturated carbocycles. The molecule has 0 unspecified atom stereocenters. The van der Waals surface area contributed by atoms with Crippen LogP contribution >= 0.6 is 0 Å². The number of alkyl halides is 5. The smallest absolute Gasteiger partial charge is 0.389 e. The van der Waals surface area contributed by atoms with Gasteiger partial charge in [-0.1, -0.05) is 6.07 Å². The van der Waals surface area contributed by atoms with Crippen LogP contribution in [0.4, 0.5) is 22.0 Å². The summed E-state index contributed by atoms with van der Waals surface area (Å²) in [6.07, 6.45) is -2.24. The van der Waals surface area contributed by atoms with Crippen LogP contribution in [0.2, 0.25) is 0 Å². The summed E-state index contributed by atoms with van der Waals surface area (Å²) >= 11 is 0. The third kappa shape index (κ3) is 7.67. The highest BCUT2D eigenvalue weighted by Crippen LogP contribution is 2.36. The normalized spacial score (nSPS) is 18.6. The van der Waals surface area contributed by atoms with E-state index in [1.807, 2.05) is 0 Å². The highest BCUT2D eigenvalue weighted by Gasteiger charge is 2.30. The van der Waals surface area contributed by atoms with Crippen molar-refractivity contribution in [2.45, 2.75) is 77.0 Å². The molecular formula is C25H32F5N3O4S. The van der Waals surface area contributed by atoms with E-state index < -0.39 is 41.4 Å². The highest BCUT2D eigenvalue weighted by atomic mass is 32.2. The Kier molecular flexibility index (Phi) is 9.43. The van der Waals surface area contributed by atoms with Crippen LogP contribution in [0.3, 0.4) is 0 Å². The maximum atomic E-state index is 13.2. The number of sulfone groups is 1. The second-order valence-electron chi connectivity index (χ2n) is 9.64. The number of benzene rings is 1. The Morgan fingerprint density at radius 3 is 2.42 bits per heavy atom. The average Bonchev–Trinajstić information content (AvgIpc) is 3.16. The van der Waals surface area contributed by atoms with Crippen molar-refractivity contribution in [1.82, 2.24) is 15.1 Å². The first-order chi connectivity index (χ1) is 17.7. The summed E-state index contributed by atoms with van der Waals surface area (Å²) in [6, 6.07) is 3.98. The van der Waals surface area contributed by atoms with Crippen molar-refractivity contribution >= 4 is 15.7 Å². The maximum absolute atomic E-state index is 13.2. The lowest BCUT2D eigenvalue weighted by atomic mass is 9.89. The van der Waals surface area contributed by atoms with Crippen LogP contribution in [0, 0.1) is 12.8 Å². The fourth-order valence-corrected chi connectivity index (χ4v) is 5.95. The van der Waals surface area contributed by atoms with E-state index in [-0.39, 0.29) is 33.7 Å². The minimum atomic E-state index is -4.39. The first-order valence-electron chi connectivity index (χ1n) is 12.4. The van der Waals surface area contributed by atoms with Gasteiger partial charge in [0.15, 0.2) is 5.69 Å². The van der Waals surface area contributed by atoms with Gasteiger partial charge >= 0.3 is 12.8 Å². The van der Waals surface area contributed by atoms with Crippen molar-refractivity contribution in [2.24, 2.45) is 5.92 Å². The van der Waals surface area contributed by atoms with Crippen molar-refractivity contribution in [1.29, 1.82) is 0 Å². The monoisotopic (exact) mass is 565 g/mol. The van der Waals surface area contributed by atoms with E-state index in [2.05, 4.69) is 15.2 Å². The number of hydrogen-bond donors (Lipinski definition) is 1. The van der Waals surface area contributed by atoms with Crippen LogP contribution in [-0.4, -0.2) is 54.9 Å². The lowest BCUT2D eigenvalue weighted by molar-refractivity contribution is -0.134. The number of rotatable bonds is 10. The van der Waals surface area contributed by atoms with Gasteiger partial charge in [-0.25, -0.2) is 8.42 Å². The van der Waals surface area contributed by atoms with Gasteiger partial charge in [-0.3, -0.25) is 9.48 Å². The number of aryl methyl sites for hydroxylation is 2. The van der Waals surface area contributed by atoms with Gasteiger partial charge in [-0.15, -0.1) is 0 Å². The molecule has 0 aliphatic heterocycles. The topological polar surface area (TPSA) is 90.3 Å². The maximum Gasteiger partial charge on any atom is 0.389 e. The summed E-state index contributed by atoms with van der Waals surface area (Å²) in [6.45, 7) is 0.804. The molecule has 1 fully saturated rings. The fourth-order valence-electron chi connectivity index (χ4n) is 4.82. The molecule has 1 aliphatic rings. The number of amides is 1. The van der Waals surface area contributed by atoms with Gasteiger partial charge in [0, 0.05) is 36.9 Å². The van der Waals surface area contributed by atoms with E-state index in [1.165, 1.54) is 23.1 Å². The predicted molar refractivity (Wildman–Crippen MR) is 132 cm³/mol. The molecule has 1 N–H and O–H groups in total. The number of nitrogens with one attached hydrogen (secondary N) is 1. The zero-order valence-corrected chi connectivity index (χ0v) is 22.3. The van der Waals surface area contributed by atoms with Crippen LogP contribution < -0.4 is 10.1 Å². The number of ether oxygens (including phenoxy) is 1. The number of hydrogen-bond acceptors (Lipinski definition) is 5. The molecule has 0 atom stereocenters. The molecule has 1 amide bonds. The molecule has 2 aromatic rings. The minimum Gasteiger partial charge on any atom is -0.434 e. The molecule has 0 saturated heterocycles. The zero-order chi connectivity index (χ0) is 28.3. The molecule has 1 aromatic heterocycles. The van der Waals surface area contributed by atoms with Gasteiger partial charge in [-0.2, -0.15) is 27.1 Å². The van der Waals surface area contributed by atoms with Crippen molar-refractivity contribution in [3.63, 3.8) is 0 Å². The lowest BCUT2D eigenvalue weighted by Crippen LogP contribution is -2.34. The SMILES string of the molecule is CCn1nc(C(=O)NC[C@H]2CC[C@H](S(C)(=O)=O)CC2)c(C)c1-c1ccc(CCC(F)(F)F)cc1OC(F)F. The van der Waals surface area contributed by atoms with Crippen molar-refractivity contribution in [3.05, 3.63) is 35.0 Å². The summed E-state index contributed by atoms with van der Waals surface area (Å²) in [5.74, 6) is -0.633. The average molecular weight is 566 g/mol. The van der Waals surface area contributed by atoms with Crippen LogP contribution in [0.15, 0.2) is 18.2 Å². The third-order valence-electron chi connectivity index (χ3n) is 6.87. The summed E-state index contributed by atoms with van der Waals surface area (Å²) in [4.78, 5) is 13.0. The van der Waals surface area contributed by atoms with Crippen LogP contribution in [0.1, 0.15) is 60.6 Å². The van der Waals surface area contributed by atoms with E-state index in [0.717, 1.165) is 6.07 Å². The second kappa shape index (κ2) is 12.0. The quantitative estimate of drug-likeness (QED) is 0.395. The Morgan fingerprint density at radius 1 is 1.21 bits per heavy atom. The number of nitrogens with zero attached hydrogens (tertiary/aromatic N) is 2. The van der Waals surface area contributed by atoms with Gasteiger partial charge in [0.1, 0.15) is 15.6 Å². The third-order valence-corrected chi connectivity index (χ3v) is 8.55. The Hall–Kier alpha value is -2.70. The number of aromatic nitrogens is 2. The highest BCUT2D eigenvalue weighted by molar-refractivity contribution is 7.91. The molecule has 0 radical (unpaired) electrons. The Morgan fingerprint density at radius 2 is 1.87 bits per heavy atom. The zero-order valence-electron chi connectivity index (χ0n) is 21.4. The van der Waals surface area contributed by atoms with Crippen LogP contribution in [-0.2, 0) is 22.8 Å².